The van der Waals surface area contributed by atoms with Crippen LogP contribution in [0.4, 0.5) is 0 Å². The number of carbonyl (C=O) groups is 2. The summed E-state index contributed by atoms with van der Waals surface area (Å²) in [7, 11) is 1.61. The Hall–Kier alpha value is -3.15. The summed E-state index contributed by atoms with van der Waals surface area (Å²) in [5, 5.41) is 4.04. The van der Waals surface area contributed by atoms with E-state index in [2.05, 4.69) is 10.5 Å². The SMILES string of the molecule is COc1ccc(/C=N\NC(=O)C2CCN(C(=O)c3ccccc3C)CC2)cc1. The molecule has 0 unspecified atom stereocenters. The van der Waals surface area contributed by atoms with Gasteiger partial charge in [-0.05, 0) is 61.2 Å². The molecule has 6 nitrogen and oxygen atoms in total. The normalized spacial score (nSPS) is 14.9. The summed E-state index contributed by atoms with van der Waals surface area (Å²) in [5.41, 5.74) is 5.19. The molecular weight excluding hydrogens is 354 g/mol. The maximum absolute atomic E-state index is 12.7. The number of carbonyl (C=O) groups excluding carboxylic acids is 2. The zero-order valence-corrected chi connectivity index (χ0v) is 16.2. The van der Waals surface area contributed by atoms with E-state index >= 15 is 0 Å². The second-order valence-corrected chi connectivity index (χ2v) is 6.89. The highest BCUT2D eigenvalue weighted by molar-refractivity contribution is 5.95. The summed E-state index contributed by atoms with van der Waals surface area (Å²) in [6, 6.07) is 15.0. The first-order chi connectivity index (χ1) is 13.6. The number of hydrogen-bond acceptors (Lipinski definition) is 4. The lowest BCUT2D eigenvalue weighted by atomic mass is 9.95. The molecule has 1 N–H and O–H groups in total. The van der Waals surface area contributed by atoms with Crippen LogP contribution in [-0.4, -0.2) is 43.1 Å². The predicted octanol–water partition coefficient (Wildman–Crippen LogP) is 3.01. The monoisotopic (exact) mass is 379 g/mol. The van der Waals surface area contributed by atoms with Crippen molar-refractivity contribution in [3.63, 3.8) is 0 Å². The molecule has 146 valence electrons. The molecule has 1 saturated heterocycles. The van der Waals surface area contributed by atoms with E-state index in [1.54, 1.807) is 13.3 Å². The van der Waals surface area contributed by atoms with Gasteiger partial charge in [0.05, 0.1) is 13.3 Å². The summed E-state index contributed by atoms with van der Waals surface area (Å²) in [4.78, 5) is 26.8. The molecule has 1 aliphatic rings. The lowest BCUT2D eigenvalue weighted by molar-refractivity contribution is -0.126. The molecule has 2 aromatic rings. The molecule has 2 amide bonds. The Morgan fingerprint density at radius 2 is 1.79 bits per heavy atom. The number of nitrogens with one attached hydrogen (secondary N) is 1. The van der Waals surface area contributed by atoms with Crippen LogP contribution in [0.3, 0.4) is 0 Å². The lowest BCUT2D eigenvalue weighted by Crippen LogP contribution is -2.42. The van der Waals surface area contributed by atoms with Crippen LogP contribution in [0.1, 0.15) is 34.3 Å². The lowest BCUT2D eigenvalue weighted by Gasteiger charge is -2.31. The quantitative estimate of drug-likeness (QED) is 0.641. The Kier molecular flexibility index (Phi) is 6.42. The summed E-state index contributed by atoms with van der Waals surface area (Å²) >= 11 is 0. The number of likely N-dealkylation sites (tertiary alicyclic amines) is 1. The van der Waals surface area contributed by atoms with Crippen molar-refractivity contribution in [1.82, 2.24) is 10.3 Å². The number of hydrogen-bond donors (Lipinski definition) is 1. The molecular formula is C22H25N3O3. The molecule has 1 heterocycles. The molecule has 28 heavy (non-hydrogen) atoms. The first kappa shape index (κ1) is 19.6. The number of hydrazone groups is 1. The van der Waals surface area contributed by atoms with Crippen molar-refractivity contribution in [2.75, 3.05) is 20.2 Å². The number of ether oxygens (including phenoxy) is 1. The number of benzene rings is 2. The van der Waals surface area contributed by atoms with Gasteiger partial charge in [0.2, 0.25) is 5.91 Å². The Balaban J connectivity index is 1.49. The third-order valence-corrected chi connectivity index (χ3v) is 5.03. The van der Waals surface area contributed by atoms with Gasteiger partial charge in [-0.1, -0.05) is 18.2 Å². The number of amides is 2. The second kappa shape index (κ2) is 9.17. The van der Waals surface area contributed by atoms with E-state index in [-0.39, 0.29) is 17.7 Å². The van der Waals surface area contributed by atoms with Crippen LogP contribution in [0.25, 0.3) is 0 Å². The van der Waals surface area contributed by atoms with E-state index in [1.165, 1.54) is 0 Å². The van der Waals surface area contributed by atoms with E-state index in [0.717, 1.165) is 22.4 Å². The van der Waals surface area contributed by atoms with Crippen molar-refractivity contribution in [1.29, 1.82) is 0 Å². The summed E-state index contributed by atoms with van der Waals surface area (Å²) in [5.74, 6) is 0.573. The molecule has 0 aromatic heterocycles. The summed E-state index contributed by atoms with van der Waals surface area (Å²) < 4.78 is 5.11. The van der Waals surface area contributed by atoms with Crippen LogP contribution in [-0.2, 0) is 4.79 Å². The Morgan fingerprint density at radius 1 is 1.11 bits per heavy atom. The molecule has 3 rings (SSSR count). The molecule has 0 atom stereocenters. The molecule has 0 spiro atoms. The van der Waals surface area contributed by atoms with Crippen LogP contribution in [0, 0.1) is 12.8 Å². The van der Waals surface area contributed by atoms with Gasteiger partial charge in [0.1, 0.15) is 5.75 Å². The Morgan fingerprint density at radius 3 is 2.43 bits per heavy atom. The standard InChI is InChI=1S/C22H25N3O3/c1-16-5-3-4-6-20(16)22(27)25-13-11-18(12-14-25)21(26)24-23-15-17-7-9-19(28-2)10-8-17/h3-10,15,18H,11-14H2,1-2H3,(H,24,26)/b23-15-. The van der Waals surface area contributed by atoms with E-state index < -0.39 is 0 Å². The number of aryl methyl sites for hydroxylation is 1. The fourth-order valence-corrected chi connectivity index (χ4v) is 3.28. The van der Waals surface area contributed by atoms with Crippen LogP contribution < -0.4 is 10.2 Å². The minimum absolute atomic E-state index is 0.0366. The third kappa shape index (κ3) is 4.76. The van der Waals surface area contributed by atoms with Crippen molar-refractivity contribution in [2.45, 2.75) is 19.8 Å². The Labute approximate surface area is 165 Å². The van der Waals surface area contributed by atoms with Gasteiger partial charge in [-0.3, -0.25) is 9.59 Å². The van der Waals surface area contributed by atoms with Crippen LogP contribution in [0.2, 0.25) is 0 Å². The molecule has 1 fully saturated rings. The highest BCUT2D eigenvalue weighted by Gasteiger charge is 2.28. The molecule has 1 aliphatic heterocycles. The molecule has 0 saturated carbocycles. The van der Waals surface area contributed by atoms with Crippen molar-refractivity contribution in [3.05, 3.63) is 65.2 Å². The molecule has 0 aliphatic carbocycles. The number of piperidine rings is 1. The average molecular weight is 379 g/mol. The van der Waals surface area contributed by atoms with Crippen molar-refractivity contribution < 1.29 is 14.3 Å². The van der Waals surface area contributed by atoms with E-state index in [0.29, 0.717) is 25.9 Å². The van der Waals surface area contributed by atoms with Gasteiger partial charge in [0.15, 0.2) is 0 Å². The van der Waals surface area contributed by atoms with Gasteiger partial charge < -0.3 is 9.64 Å². The fraction of sp³-hybridized carbons (Fsp3) is 0.318. The average Bonchev–Trinajstić information content (AvgIpc) is 2.74. The highest BCUT2D eigenvalue weighted by Crippen LogP contribution is 2.20. The van der Waals surface area contributed by atoms with Crippen LogP contribution in [0.15, 0.2) is 53.6 Å². The maximum Gasteiger partial charge on any atom is 0.254 e. The zero-order chi connectivity index (χ0) is 19.9. The maximum atomic E-state index is 12.7. The minimum atomic E-state index is -0.131. The first-order valence-electron chi connectivity index (χ1n) is 9.40. The van der Waals surface area contributed by atoms with E-state index in [1.807, 2.05) is 60.4 Å². The highest BCUT2D eigenvalue weighted by atomic mass is 16.5. The van der Waals surface area contributed by atoms with Crippen LogP contribution in [0.5, 0.6) is 5.75 Å². The largest absolute Gasteiger partial charge is 0.497 e. The van der Waals surface area contributed by atoms with Crippen molar-refractivity contribution in [2.24, 2.45) is 11.0 Å². The number of nitrogens with zero attached hydrogens (tertiary/aromatic N) is 2. The van der Waals surface area contributed by atoms with Crippen molar-refractivity contribution in [3.8, 4) is 5.75 Å². The molecule has 2 aromatic carbocycles. The van der Waals surface area contributed by atoms with Gasteiger partial charge >= 0.3 is 0 Å². The molecule has 0 bridgehead atoms. The zero-order valence-electron chi connectivity index (χ0n) is 16.2. The molecule has 0 radical (unpaired) electrons. The van der Waals surface area contributed by atoms with Gasteiger partial charge in [0.25, 0.3) is 5.91 Å². The van der Waals surface area contributed by atoms with Crippen molar-refractivity contribution >= 4 is 18.0 Å². The van der Waals surface area contributed by atoms with E-state index in [9.17, 15) is 9.59 Å². The van der Waals surface area contributed by atoms with Gasteiger partial charge in [0, 0.05) is 24.6 Å². The molecule has 6 heteroatoms. The number of methoxy groups -OCH3 is 1. The number of rotatable bonds is 5. The van der Waals surface area contributed by atoms with Gasteiger partial charge in [-0.25, -0.2) is 5.43 Å². The second-order valence-electron chi connectivity index (χ2n) is 6.89. The minimum Gasteiger partial charge on any atom is -0.497 e. The van der Waals surface area contributed by atoms with E-state index in [4.69, 9.17) is 4.74 Å². The first-order valence-corrected chi connectivity index (χ1v) is 9.40. The summed E-state index contributed by atoms with van der Waals surface area (Å²) in [6.07, 6.45) is 2.89. The predicted molar refractivity (Wildman–Crippen MR) is 109 cm³/mol. The topological polar surface area (TPSA) is 71.0 Å². The van der Waals surface area contributed by atoms with Gasteiger partial charge in [-0.2, -0.15) is 5.10 Å². The summed E-state index contributed by atoms with van der Waals surface area (Å²) in [6.45, 7) is 3.09. The fourth-order valence-electron chi connectivity index (χ4n) is 3.28. The third-order valence-electron chi connectivity index (χ3n) is 5.03. The Bertz CT molecular complexity index is 854. The smallest absolute Gasteiger partial charge is 0.254 e. The van der Waals surface area contributed by atoms with Gasteiger partial charge in [-0.15, -0.1) is 0 Å². The van der Waals surface area contributed by atoms with Crippen LogP contribution >= 0.6 is 0 Å².